The quantitative estimate of drug-likeness (QED) is 0.853. The van der Waals surface area contributed by atoms with Crippen molar-refractivity contribution >= 4 is 23.2 Å². The van der Waals surface area contributed by atoms with Gasteiger partial charge in [-0.2, -0.15) is 0 Å². The summed E-state index contributed by atoms with van der Waals surface area (Å²) in [6.45, 7) is 0.283. The van der Waals surface area contributed by atoms with Crippen LogP contribution in [0.5, 0.6) is 0 Å². The Hall–Kier alpha value is -1.13. The van der Waals surface area contributed by atoms with Crippen LogP contribution in [0.1, 0.15) is 12.8 Å². The molecule has 1 saturated carbocycles. The Labute approximate surface area is 97.8 Å². The monoisotopic (exact) mass is 242 g/mol. The second-order valence-electron chi connectivity index (χ2n) is 4.04. The number of para-hydroxylation sites is 1. The Morgan fingerprint density at radius 1 is 1.56 bits per heavy atom. The number of carbonyl (C=O) groups excluding carboxylic acids is 1. The van der Waals surface area contributed by atoms with Crippen molar-refractivity contribution in [1.29, 1.82) is 0 Å². The van der Waals surface area contributed by atoms with Crippen LogP contribution in [-0.4, -0.2) is 12.5 Å². The second kappa shape index (κ2) is 4.03. The minimum Gasteiger partial charge on any atom is -0.329 e. The van der Waals surface area contributed by atoms with E-state index in [2.05, 4.69) is 5.32 Å². The van der Waals surface area contributed by atoms with E-state index >= 15 is 0 Å². The number of benzene rings is 1. The lowest BCUT2D eigenvalue weighted by atomic mass is 10.1. The molecule has 0 heterocycles. The molecule has 1 aliphatic rings. The Kier molecular flexibility index (Phi) is 2.86. The summed E-state index contributed by atoms with van der Waals surface area (Å²) in [4.78, 5) is 11.8. The lowest BCUT2D eigenvalue weighted by molar-refractivity contribution is -0.120. The van der Waals surface area contributed by atoms with E-state index in [4.69, 9.17) is 17.3 Å². The van der Waals surface area contributed by atoms with Crippen LogP contribution in [0.4, 0.5) is 10.1 Å². The second-order valence-corrected chi connectivity index (χ2v) is 4.44. The maximum Gasteiger partial charge on any atom is 0.231 e. The van der Waals surface area contributed by atoms with Gasteiger partial charge in [0.05, 0.1) is 16.1 Å². The Morgan fingerprint density at radius 2 is 2.25 bits per heavy atom. The zero-order valence-corrected chi connectivity index (χ0v) is 9.35. The predicted octanol–water partition coefficient (Wildman–Crippen LogP) is 2.16. The van der Waals surface area contributed by atoms with Crippen molar-refractivity contribution in [2.75, 3.05) is 11.9 Å². The van der Waals surface area contributed by atoms with E-state index in [0.29, 0.717) is 0 Å². The number of hydrogen-bond acceptors (Lipinski definition) is 2. The highest BCUT2D eigenvalue weighted by molar-refractivity contribution is 6.33. The topological polar surface area (TPSA) is 55.1 Å². The average Bonchev–Trinajstić information content (AvgIpc) is 3.04. The van der Waals surface area contributed by atoms with Gasteiger partial charge in [0.25, 0.3) is 0 Å². The third kappa shape index (κ3) is 1.90. The molecule has 2 rings (SSSR count). The van der Waals surface area contributed by atoms with Crippen LogP contribution in [0.2, 0.25) is 5.02 Å². The highest BCUT2D eigenvalue weighted by Gasteiger charge is 2.48. The lowest BCUT2D eigenvalue weighted by Gasteiger charge is -2.14. The molecule has 0 radical (unpaired) electrons. The summed E-state index contributed by atoms with van der Waals surface area (Å²) in [6.07, 6.45) is 1.50. The van der Waals surface area contributed by atoms with Gasteiger partial charge in [-0.3, -0.25) is 4.79 Å². The minimum absolute atomic E-state index is 0.0360. The molecule has 3 nitrogen and oxygen atoms in total. The zero-order chi connectivity index (χ0) is 11.8. The van der Waals surface area contributed by atoms with Gasteiger partial charge in [-0.15, -0.1) is 0 Å². The van der Waals surface area contributed by atoms with E-state index in [-0.39, 0.29) is 23.2 Å². The van der Waals surface area contributed by atoms with Crippen LogP contribution in [0.3, 0.4) is 0 Å². The van der Waals surface area contributed by atoms with Gasteiger partial charge in [-0.25, -0.2) is 4.39 Å². The first kappa shape index (κ1) is 11.4. The molecule has 1 fully saturated rings. The van der Waals surface area contributed by atoms with Crippen molar-refractivity contribution in [1.82, 2.24) is 0 Å². The van der Waals surface area contributed by atoms with Gasteiger partial charge in [-0.1, -0.05) is 17.7 Å². The third-order valence-corrected chi connectivity index (χ3v) is 3.24. The van der Waals surface area contributed by atoms with Crippen molar-refractivity contribution in [2.45, 2.75) is 12.8 Å². The Bertz CT molecular complexity index is 412. The Morgan fingerprint density at radius 3 is 2.75 bits per heavy atom. The van der Waals surface area contributed by atoms with Gasteiger partial charge in [0.2, 0.25) is 5.91 Å². The number of amides is 1. The molecule has 86 valence electrons. The normalized spacial score (nSPS) is 16.9. The van der Waals surface area contributed by atoms with Crippen LogP contribution >= 0.6 is 11.6 Å². The van der Waals surface area contributed by atoms with Crippen LogP contribution in [-0.2, 0) is 4.79 Å². The number of nitrogens with one attached hydrogen (secondary N) is 1. The van der Waals surface area contributed by atoms with Crippen LogP contribution in [0.15, 0.2) is 18.2 Å². The van der Waals surface area contributed by atoms with E-state index < -0.39 is 11.2 Å². The summed E-state index contributed by atoms with van der Waals surface area (Å²) in [6, 6.07) is 4.27. The Balaban J connectivity index is 2.18. The molecule has 0 saturated heterocycles. The van der Waals surface area contributed by atoms with Crippen LogP contribution in [0, 0.1) is 11.2 Å². The summed E-state index contributed by atoms with van der Waals surface area (Å²) in [7, 11) is 0. The predicted molar refractivity (Wildman–Crippen MR) is 60.8 cm³/mol. The molecule has 1 aromatic carbocycles. The number of rotatable bonds is 3. The molecule has 1 aliphatic carbocycles. The maximum atomic E-state index is 13.4. The average molecular weight is 243 g/mol. The summed E-state index contributed by atoms with van der Waals surface area (Å²) < 4.78 is 13.4. The summed E-state index contributed by atoms with van der Waals surface area (Å²) >= 11 is 5.80. The summed E-state index contributed by atoms with van der Waals surface area (Å²) in [5.41, 5.74) is 5.04. The maximum absolute atomic E-state index is 13.4. The van der Waals surface area contributed by atoms with Crippen LogP contribution < -0.4 is 11.1 Å². The first-order valence-corrected chi connectivity index (χ1v) is 5.42. The first-order valence-electron chi connectivity index (χ1n) is 5.05. The largest absolute Gasteiger partial charge is 0.329 e. The fourth-order valence-corrected chi connectivity index (χ4v) is 1.75. The molecule has 16 heavy (non-hydrogen) atoms. The van der Waals surface area contributed by atoms with Gasteiger partial charge < -0.3 is 11.1 Å². The van der Waals surface area contributed by atoms with E-state index in [9.17, 15) is 9.18 Å². The molecule has 0 aliphatic heterocycles. The van der Waals surface area contributed by atoms with Crippen molar-refractivity contribution in [2.24, 2.45) is 11.1 Å². The van der Waals surface area contributed by atoms with Gasteiger partial charge in [0.1, 0.15) is 5.82 Å². The molecule has 0 bridgehead atoms. The molecule has 3 N–H and O–H groups in total. The van der Waals surface area contributed by atoms with E-state index in [1.165, 1.54) is 18.2 Å². The summed E-state index contributed by atoms with van der Waals surface area (Å²) in [5, 5.41) is 2.70. The molecule has 0 spiro atoms. The first-order chi connectivity index (χ1) is 7.59. The minimum atomic E-state index is -0.534. The van der Waals surface area contributed by atoms with Crippen molar-refractivity contribution in [3.63, 3.8) is 0 Å². The fourth-order valence-electron chi connectivity index (χ4n) is 1.54. The fraction of sp³-hybridized carbons (Fsp3) is 0.364. The molecular weight excluding hydrogens is 231 g/mol. The summed E-state index contributed by atoms with van der Waals surface area (Å²) in [5.74, 6) is -0.782. The van der Waals surface area contributed by atoms with Crippen molar-refractivity contribution in [3.05, 3.63) is 29.0 Å². The molecule has 0 unspecified atom stereocenters. The molecule has 0 aromatic heterocycles. The molecule has 5 heteroatoms. The number of anilines is 1. The van der Waals surface area contributed by atoms with Gasteiger partial charge in [0, 0.05) is 6.54 Å². The number of carbonyl (C=O) groups is 1. The van der Waals surface area contributed by atoms with E-state index in [0.717, 1.165) is 12.8 Å². The highest BCUT2D eigenvalue weighted by atomic mass is 35.5. The molecule has 1 amide bonds. The van der Waals surface area contributed by atoms with Gasteiger partial charge >= 0.3 is 0 Å². The van der Waals surface area contributed by atoms with E-state index in [1.54, 1.807) is 0 Å². The zero-order valence-electron chi connectivity index (χ0n) is 8.59. The number of nitrogens with two attached hydrogens (primary N) is 1. The number of hydrogen-bond donors (Lipinski definition) is 2. The van der Waals surface area contributed by atoms with Crippen LogP contribution in [0.25, 0.3) is 0 Å². The standard InChI is InChI=1S/C11H12ClFN2O/c12-7-2-1-3-8(13)9(7)15-10(16)11(6-14)4-5-11/h1-3H,4-6,14H2,(H,15,16). The molecule has 1 aromatic rings. The smallest absolute Gasteiger partial charge is 0.231 e. The number of halogens is 2. The lowest BCUT2D eigenvalue weighted by Crippen LogP contribution is -2.31. The van der Waals surface area contributed by atoms with E-state index in [1.807, 2.05) is 0 Å². The van der Waals surface area contributed by atoms with Crippen molar-refractivity contribution < 1.29 is 9.18 Å². The highest BCUT2D eigenvalue weighted by Crippen LogP contribution is 2.45. The van der Waals surface area contributed by atoms with Crippen molar-refractivity contribution in [3.8, 4) is 0 Å². The van der Waals surface area contributed by atoms with Gasteiger partial charge in [0.15, 0.2) is 0 Å². The van der Waals surface area contributed by atoms with Gasteiger partial charge in [-0.05, 0) is 25.0 Å². The molecular formula is C11H12ClFN2O. The third-order valence-electron chi connectivity index (χ3n) is 2.93. The SMILES string of the molecule is NCC1(C(=O)Nc2c(F)cccc2Cl)CC1. The molecule has 0 atom stereocenters.